The molecule has 24 heavy (non-hydrogen) atoms. The van der Waals surface area contributed by atoms with Gasteiger partial charge in [-0.05, 0) is 61.9 Å². The highest BCUT2D eigenvalue weighted by molar-refractivity contribution is 6.06. The van der Waals surface area contributed by atoms with E-state index in [1.54, 1.807) is 29.2 Å². The molecule has 2 aromatic rings. The second-order valence-corrected chi connectivity index (χ2v) is 5.57. The first-order valence-corrected chi connectivity index (χ1v) is 8.10. The minimum absolute atomic E-state index is 0.0995. The summed E-state index contributed by atoms with van der Waals surface area (Å²) in [7, 11) is 0. The molecule has 0 saturated carbocycles. The Morgan fingerprint density at radius 2 is 1.92 bits per heavy atom. The predicted molar refractivity (Wildman–Crippen MR) is 93.7 cm³/mol. The summed E-state index contributed by atoms with van der Waals surface area (Å²) in [6.45, 7) is 5.12. The lowest BCUT2D eigenvalue weighted by Gasteiger charge is -2.15. The highest BCUT2D eigenvalue weighted by Gasteiger charge is 2.26. The summed E-state index contributed by atoms with van der Waals surface area (Å²) >= 11 is 0. The molecule has 0 unspecified atom stereocenters. The summed E-state index contributed by atoms with van der Waals surface area (Å²) < 4.78 is 5.37. The van der Waals surface area contributed by atoms with Crippen molar-refractivity contribution in [3.63, 3.8) is 0 Å². The van der Waals surface area contributed by atoms with Crippen molar-refractivity contribution in [3.8, 4) is 5.75 Å². The Bertz CT molecular complexity index is 769. The van der Waals surface area contributed by atoms with Crippen LogP contribution in [0.25, 0.3) is 0 Å². The molecule has 1 N–H and O–H groups in total. The Balaban J connectivity index is 1.73. The third-order valence-electron chi connectivity index (χ3n) is 4.01. The number of hydrogen-bond donors (Lipinski definition) is 1. The Kier molecular flexibility index (Phi) is 4.51. The van der Waals surface area contributed by atoms with Gasteiger partial charge in [0.15, 0.2) is 0 Å². The van der Waals surface area contributed by atoms with Crippen LogP contribution in [0.2, 0.25) is 0 Å². The maximum atomic E-state index is 12.3. The first-order chi connectivity index (χ1) is 11.6. The van der Waals surface area contributed by atoms with Gasteiger partial charge < -0.3 is 15.0 Å². The number of nitrogens with zero attached hydrogens (tertiary/aromatic N) is 1. The molecule has 1 aliphatic heterocycles. The number of fused-ring (bicyclic) bond motifs is 1. The number of carbonyl (C=O) groups excluding carboxylic acids is 2. The molecular weight excluding hydrogens is 304 g/mol. The van der Waals surface area contributed by atoms with Crippen LogP contribution < -0.4 is 15.0 Å². The van der Waals surface area contributed by atoms with Crippen LogP contribution in [-0.4, -0.2) is 25.0 Å². The van der Waals surface area contributed by atoms with Gasteiger partial charge in [-0.2, -0.15) is 0 Å². The fourth-order valence-corrected chi connectivity index (χ4v) is 2.88. The van der Waals surface area contributed by atoms with E-state index in [9.17, 15) is 9.59 Å². The van der Waals surface area contributed by atoms with E-state index >= 15 is 0 Å². The number of anilines is 2. The van der Waals surface area contributed by atoms with E-state index in [0.29, 0.717) is 30.8 Å². The molecule has 0 aromatic heterocycles. The summed E-state index contributed by atoms with van der Waals surface area (Å²) in [5.41, 5.74) is 3.14. The van der Waals surface area contributed by atoms with E-state index in [0.717, 1.165) is 17.0 Å². The van der Waals surface area contributed by atoms with Crippen molar-refractivity contribution < 1.29 is 14.3 Å². The summed E-state index contributed by atoms with van der Waals surface area (Å²) in [5.74, 6) is 0.655. The molecule has 0 spiro atoms. The van der Waals surface area contributed by atoms with Crippen molar-refractivity contribution in [2.45, 2.75) is 20.3 Å². The first kappa shape index (κ1) is 16.1. The largest absolute Gasteiger partial charge is 0.494 e. The number of ether oxygens (including phenoxy) is 1. The molecule has 0 atom stereocenters. The van der Waals surface area contributed by atoms with E-state index in [2.05, 4.69) is 5.32 Å². The van der Waals surface area contributed by atoms with E-state index in [1.807, 2.05) is 32.0 Å². The van der Waals surface area contributed by atoms with Crippen molar-refractivity contribution >= 4 is 23.2 Å². The topological polar surface area (TPSA) is 58.6 Å². The van der Waals surface area contributed by atoms with Gasteiger partial charge in [-0.1, -0.05) is 0 Å². The van der Waals surface area contributed by atoms with E-state index < -0.39 is 0 Å². The predicted octanol–water partition coefficient (Wildman–Crippen LogP) is 3.25. The van der Waals surface area contributed by atoms with Crippen molar-refractivity contribution in [3.05, 3.63) is 53.6 Å². The first-order valence-electron chi connectivity index (χ1n) is 8.10. The van der Waals surface area contributed by atoms with Gasteiger partial charge in [0.05, 0.1) is 13.0 Å². The van der Waals surface area contributed by atoms with Gasteiger partial charge in [0.25, 0.3) is 5.91 Å². The van der Waals surface area contributed by atoms with Gasteiger partial charge in [0.1, 0.15) is 5.75 Å². The second kappa shape index (κ2) is 6.74. The summed E-state index contributed by atoms with van der Waals surface area (Å²) in [6, 6.07) is 12.6. The number of hydrogen-bond acceptors (Lipinski definition) is 3. The molecule has 0 bridgehead atoms. The maximum absolute atomic E-state index is 12.3. The zero-order valence-electron chi connectivity index (χ0n) is 13.8. The van der Waals surface area contributed by atoms with Gasteiger partial charge in [-0.15, -0.1) is 0 Å². The Morgan fingerprint density at radius 3 is 2.58 bits per heavy atom. The van der Waals surface area contributed by atoms with Crippen molar-refractivity contribution in [1.82, 2.24) is 0 Å². The number of rotatable bonds is 5. The molecule has 2 aromatic carbocycles. The Labute approximate surface area is 141 Å². The van der Waals surface area contributed by atoms with E-state index in [4.69, 9.17) is 4.74 Å². The molecule has 0 aliphatic carbocycles. The third-order valence-corrected chi connectivity index (χ3v) is 4.01. The molecule has 2 amide bonds. The van der Waals surface area contributed by atoms with Crippen LogP contribution in [0.1, 0.15) is 29.8 Å². The SMILES string of the molecule is CCOc1ccc(C(=O)Nc2ccc3c(c2)CC(=O)N3CC)cc1. The number of benzene rings is 2. The van der Waals surface area contributed by atoms with E-state index in [1.165, 1.54) is 0 Å². The van der Waals surface area contributed by atoms with Crippen LogP contribution in [-0.2, 0) is 11.2 Å². The molecule has 0 fully saturated rings. The lowest BCUT2D eigenvalue weighted by molar-refractivity contribution is -0.117. The van der Waals surface area contributed by atoms with Crippen molar-refractivity contribution in [2.24, 2.45) is 0 Å². The standard InChI is InChI=1S/C19H20N2O3/c1-3-21-17-10-7-15(11-14(17)12-18(21)22)20-19(23)13-5-8-16(9-6-13)24-4-2/h5-11H,3-4,12H2,1-2H3,(H,20,23). The lowest BCUT2D eigenvalue weighted by atomic mass is 10.1. The minimum atomic E-state index is -0.185. The highest BCUT2D eigenvalue weighted by atomic mass is 16.5. The number of likely N-dealkylation sites (N-methyl/N-ethyl adjacent to an activating group) is 1. The van der Waals surface area contributed by atoms with Gasteiger partial charge in [0.2, 0.25) is 5.91 Å². The average molecular weight is 324 g/mol. The summed E-state index contributed by atoms with van der Waals surface area (Å²) in [6.07, 6.45) is 0.385. The van der Waals surface area contributed by atoms with Crippen LogP contribution in [0, 0.1) is 0 Å². The van der Waals surface area contributed by atoms with E-state index in [-0.39, 0.29) is 11.8 Å². The lowest BCUT2D eigenvalue weighted by Crippen LogP contribution is -2.25. The van der Waals surface area contributed by atoms with Crippen LogP contribution in [0.4, 0.5) is 11.4 Å². The summed E-state index contributed by atoms with van der Waals surface area (Å²) in [5, 5.41) is 2.88. The minimum Gasteiger partial charge on any atom is -0.494 e. The van der Waals surface area contributed by atoms with Crippen LogP contribution in [0.5, 0.6) is 5.75 Å². The number of carbonyl (C=O) groups is 2. The Morgan fingerprint density at radius 1 is 1.17 bits per heavy atom. The van der Waals surface area contributed by atoms with Gasteiger partial charge in [0, 0.05) is 23.5 Å². The number of amides is 2. The van der Waals surface area contributed by atoms with Crippen LogP contribution in [0.15, 0.2) is 42.5 Å². The Hall–Kier alpha value is -2.82. The molecule has 0 saturated heterocycles. The zero-order valence-corrected chi connectivity index (χ0v) is 13.8. The maximum Gasteiger partial charge on any atom is 0.255 e. The molecular formula is C19H20N2O3. The quantitative estimate of drug-likeness (QED) is 0.918. The third kappa shape index (κ3) is 3.11. The molecule has 5 nitrogen and oxygen atoms in total. The van der Waals surface area contributed by atoms with Gasteiger partial charge >= 0.3 is 0 Å². The van der Waals surface area contributed by atoms with Crippen LogP contribution >= 0.6 is 0 Å². The van der Waals surface area contributed by atoms with Gasteiger partial charge in [-0.25, -0.2) is 0 Å². The number of nitrogens with one attached hydrogen (secondary N) is 1. The fourth-order valence-electron chi connectivity index (χ4n) is 2.88. The van der Waals surface area contributed by atoms with Crippen molar-refractivity contribution in [1.29, 1.82) is 0 Å². The normalized spacial score (nSPS) is 12.9. The monoisotopic (exact) mass is 324 g/mol. The van der Waals surface area contributed by atoms with Crippen molar-refractivity contribution in [2.75, 3.05) is 23.4 Å². The molecule has 0 radical (unpaired) electrons. The zero-order chi connectivity index (χ0) is 17.1. The molecule has 124 valence electrons. The smallest absolute Gasteiger partial charge is 0.255 e. The van der Waals surface area contributed by atoms with Gasteiger partial charge in [-0.3, -0.25) is 9.59 Å². The fraction of sp³-hybridized carbons (Fsp3) is 0.263. The van der Waals surface area contributed by atoms with Crippen LogP contribution in [0.3, 0.4) is 0 Å². The molecule has 1 heterocycles. The molecule has 3 rings (SSSR count). The average Bonchev–Trinajstić information content (AvgIpc) is 2.90. The summed E-state index contributed by atoms with van der Waals surface area (Å²) in [4.78, 5) is 26.0. The molecule has 5 heteroatoms. The second-order valence-electron chi connectivity index (χ2n) is 5.57. The molecule has 1 aliphatic rings. The highest BCUT2D eigenvalue weighted by Crippen LogP contribution is 2.31.